The van der Waals surface area contributed by atoms with E-state index < -0.39 is 5.97 Å². The Bertz CT molecular complexity index is 590. The third-order valence-electron chi connectivity index (χ3n) is 3.99. The highest BCUT2D eigenvalue weighted by Crippen LogP contribution is 2.32. The van der Waals surface area contributed by atoms with Crippen molar-refractivity contribution in [3.63, 3.8) is 0 Å². The molecule has 0 unspecified atom stereocenters. The van der Waals surface area contributed by atoms with E-state index in [-0.39, 0.29) is 17.7 Å². The average molecular weight is 302 g/mol. The molecule has 0 spiro atoms. The third-order valence-corrected chi connectivity index (χ3v) is 3.99. The molecule has 5 heteroatoms. The zero-order valence-electron chi connectivity index (χ0n) is 13.4. The van der Waals surface area contributed by atoms with Gasteiger partial charge >= 0.3 is 5.97 Å². The SMILES string of the molecule is COC(=O)C1=CC[C@H](C(C)=O)[C@H](c2ccc(N(C)C)cc2)N1. The van der Waals surface area contributed by atoms with Gasteiger partial charge in [-0.1, -0.05) is 18.2 Å². The van der Waals surface area contributed by atoms with Crippen LogP contribution in [-0.2, 0) is 14.3 Å². The molecular formula is C17H22N2O3. The Morgan fingerprint density at radius 2 is 1.86 bits per heavy atom. The molecule has 5 nitrogen and oxygen atoms in total. The summed E-state index contributed by atoms with van der Waals surface area (Å²) in [7, 11) is 5.30. The maximum Gasteiger partial charge on any atom is 0.353 e. The number of esters is 1. The zero-order chi connectivity index (χ0) is 16.3. The van der Waals surface area contributed by atoms with E-state index in [1.807, 2.05) is 43.3 Å². The van der Waals surface area contributed by atoms with Crippen LogP contribution in [0.4, 0.5) is 5.69 Å². The minimum atomic E-state index is -0.406. The second-order valence-electron chi connectivity index (χ2n) is 5.67. The molecular weight excluding hydrogens is 280 g/mol. The molecule has 1 aromatic carbocycles. The molecule has 1 heterocycles. The second-order valence-corrected chi connectivity index (χ2v) is 5.67. The summed E-state index contributed by atoms with van der Waals surface area (Å²) in [6.45, 7) is 1.59. The number of nitrogens with one attached hydrogen (secondary N) is 1. The van der Waals surface area contributed by atoms with Crippen LogP contribution in [0.25, 0.3) is 0 Å². The topological polar surface area (TPSA) is 58.6 Å². The highest BCUT2D eigenvalue weighted by molar-refractivity contribution is 5.89. The predicted molar refractivity (Wildman–Crippen MR) is 85.5 cm³/mol. The van der Waals surface area contributed by atoms with Crippen LogP contribution < -0.4 is 10.2 Å². The van der Waals surface area contributed by atoms with Gasteiger partial charge in [-0.25, -0.2) is 4.79 Å². The summed E-state index contributed by atoms with van der Waals surface area (Å²) in [5, 5.41) is 3.15. The van der Waals surface area contributed by atoms with E-state index in [1.54, 1.807) is 13.0 Å². The third kappa shape index (κ3) is 3.30. The van der Waals surface area contributed by atoms with Crippen LogP contribution in [0.5, 0.6) is 0 Å². The number of methoxy groups -OCH3 is 1. The molecule has 1 aliphatic heterocycles. The lowest BCUT2D eigenvalue weighted by Crippen LogP contribution is -2.37. The van der Waals surface area contributed by atoms with Crippen LogP contribution in [0.1, 0.15) is 24.9 Å². The summed E-state index contributed by atoms with van der Waals surface area (Å²) >= 11 is 0. The van der Waals surface area contributed by atoms with Gasteiger partial charge < -0.3 is 15.0 Å². The van der Waals surface area contributed by atoms with E-state index in [2.05, 4.69) is 5.32 Å². The number of anilines is 1. The van der Waals surface area contributed by atoms with Gasteiger partial charge in [0.05, 0.1) is 13.2 Å². The van der Waals surface area contributed by atoms with Gasteiger partial charge in [0.1, 0.15) is 11.5 Å². The Morgan fingerprint density at radius 3 is 2.36 bits per heavy atom. The second kappa shape index (κ2) is 6.64. The molecule has 0 fully saturated rings. The zero-order valence-corrected chi connectivity index (χ0v) is 13.4. The smallest absolute Gasteiger partial charge is 0.353 e. The van der Waals surface area contributed by atoms with Crippen molar-refractivity contribution in [1.82, 2.24) is 5.32 Å². The summed E-state index contributed by atoms with van der Waals surface area (Å²) in [4.78, 5) is 25.6. The van der Waals surface area contributed by atoms with Crippen LogP contribution in [0.3, 0.4) is 0 Å². The monoisotopic (exact) mass is 302 g/mol. The largest absolute Gasteiger partial charge is 0.464 e. The predicted octanol–water partition coefficient (Wildman–Crippen LogP) is 2.05. The highest BCUT2D eigenvalue weighted by Gasteiger charge is 2.32. The first-order chi connectivity index (χ1) is 10.4. The molecule has 22 heavy (non-hydrogen) atoms. The standard InChI is InChI=1S/C17H22N2O3/c1-11(20)14-9-10-15(17(21)22-4)18-16(14)12-5-7-13(8-6-12)19(2)3/h5-8,10,14,16,18H,9H2,1-4H3/t14-,16+/m1/s1. The molecule has 1 N–H and O–H groups in total. The Hall–Kier alpha value is -2.30. The van der Waals surface area contributed by atoms with Crippen molar-refractivity contribution in [2.75, 3.05) is 26.1 Å². The fourth-order valence-electron chi connectivity index (χ4n) is 2.66. The molecule has 2 rings (SSSR count). The van der Waals surface area contributed by atoms with Crippen LogP contribution in [0.15, 0.2) is 36.0 Å². The normalized spacial score (nSPS) is 20.6. The first kappa shape index (κ1) is 16.1. The van der Waals surface area contributed by atoms with Gasteiger partial charge in [0, 0.05) is 25.7 Å². The summed E-state index contributed by atoms with van der Waals surface area (Å²) in [5.74, 6) is -0.482. The summed E-state index contributed by atoms with van der Waals surface area (Å²) in [6, 6.07) is 7.77. The Balaban J connectivity index is 2.30. The minimum absolute atomic E-state index is 0.106. The maximum atomic E-state index is 11.9. The molecule has 0 aromatic heterocycles. The number of carbonyl (C=O) groups excluding carboxylic acids is 2. The van der Waals surface area contributed by atoms with E-state index in [9.17, 15) is 9.59 Å². The van der Waals surface area contributed by atoms with Crippen molar-refractivity contribution in [1.29, 1.82) is 0 Å². The van der Waals surface area contributed by atoms with Gasteiger partial charge in [0.15, 0.2) is 0 Å². The summed E-state index contributed by atoms with van der Waals surface area (Å²) in [6.07, 6.45) is 2.27. The first-order valence-electron chi connectivity index (χ1n) is 7.26. The lowest BCUT2D eigenvalue weighted by atomic mass is 9.84. The van der Waals surface area contributed by atoms with Gasteiger partial charge in [-0.15, -0.1) is 0 Å². The Labute approximate surface area is 130 Å². The van der Waals surface area contributed by atoms with Crippen molar-refractivity contribution >= 4 is 17.4 Å². The summed E-state index contributed by atoms with van der Waals surface area (Å²) in [5.41, 5.74) is 2.49. The van der Waals surface area contributed by atoms with Crippen LogP contribution in [-0.4, -0.2) is 33.0 Å². The molecule has 0 saturated carbocycles. The molecule has 0 aliphatic carbocycles. The number of rotatable bonds is 4. The fraction of sp³-hybridized carbons (Fsp3) is 0.412. The lowest BCUT2D eigenvalue weighted by molar-refractivity contribution is -0.137. The number of carbonyl (C=O) groups is 2. The molecule has 1 aliphatic rings. The number of nitrogens with zero attached hydrogens (tertiary/aromatic N) is 1. The molecule has 0 radical (unpaired) electrons. The molecule has 118 valence electrons. The average Bonchev–Trinajstić information content (AvgIpc) is 2.53. The number of ketones is 1. The quantitative estimate of drug-likeness (QED) is 0.863. The van der Waals surface area contributed by atoms with Gasteiger partial charge in [-0.2, -0.15) is 0 Å². The van der Waals surface area contributed by atoms with Crippen LogP contribution in [0.2, 0.25) is 0 Å². The Kier molecular flexibility index (Phi) is 4.85. The molecule has 0 bridgehead atoms. The van der Waals surface area contributed by atoms with Crippen molar-refractivity contribution in [3.05, 3.63) is 41.6 Å². The fourth-order valence-corrected chi connectivity index (χ4v) is 2.66. The molecule has 1 aromatic rings. The number of ether oxygens (including phenoxy) is 1. The number of allylic oxidation sites excluding steroid dienone is 1. The lowest BCUT2D eigenvalue weighted by Gasteiger charge is -2.31. The van der Waals surface area contributed by atoms with E-state index in [1.165, 1.54) is 7.11 Å². The number of hydrogen-bond donors (Lipinski definition) is 1. The van der Waals surface area contributed by atoms with Crippen molar-refractivity contribution in [2.24, 2.45) is 5.92 Å². The number of Topliss-reactive ketones (excluding diaryl/α,β-unsaturated/α-hetero) is 1. The number of hydrogen-bond acceptors (Lipinski definition) is 5. The first-order valence-corrected chi connectivity index (χ1v) is 7.26. The van der Waals surface area contributed by atoms with E-state index in [4.69, 9.17) is 4.74 Å². The van der Waals surface area contributed by atoms with Crippen molar-refractivity contribution in [2.45, 2.75) is 19.4 Å². The van der Waals surface area contributed by atoms with Crippen molar-refractivity contribution in [3.8, 4) is 0 Å². The minimum Gasteiger partial charge on any atom is -0.464 e. The van der Waals surface area contributed by atoms with Crippen LogP contribution >= 0.6 is 0 Å². The van der Waals surface area contributed by atoms with Gasteiger partial charge in [-0.3, -0.25) is 4.79 Å². The Morgan fingerprint density at radius 1 is 1.23 bits per heavy atom. The van der Waals surface area contributed by atoms with Crippen LogP contribution in [0, 0.1) is 5.92 Å². The maximum absolute atomic E-state index is 11.9. The van der Waals surface area contributed by atoms with E-state index >= 15 is 0 Å². The molecule has 0 saturated heterocycles. The van der Waals surface area contributed by atoms with Gasteiger partial charge in [0.2, 0.25) is 0 Å². The molecule has 2 atom stereocenters. The van der Waals surface area contributed by atoms with Gasteiger partial charge in [-0.05, 0) is 31.0 Å². The number of benzene rings is 1. The van der Waals surface area contributed by atoms with E-state index in [0.717, 1.165) is 11.3 Å². The highest BCUT2D eigenvalue weighted by atomic mass is 16.5. The van der Waals surface area contributed by atoms with E-state index in [0.29, 0.717) is 12.1 Å². The van der Waals surface area contributed by atoms with Crippen molar-refractivity contribution < 1.29 is 14.3 Å². The van der Waals surface area contributed by atoms with Gasteiger partial charge in [0.25, 0.3) is 0 Å². The molecule has 0 amide bonds. The summed E-state index contributed by atoms with van der Waals surface area (Å²) < 4.78 is 4.76.